The molecule has 1 aliphatic carbocycles. The van der Waals surface area contributed by atoms with Crippen LogP contribution in [0.5, 0.6) is 0 Å². The zero-order chi connectivity index (χ0) is 12.7. The van der Waals surface area contributed by atoms with Gasteiger partial charge >= 0.3 is 0 Å². The Kier molecular flexibility index (Phi) is 3.01. The molecule has 0 unspecified atom stereocenters. The highest BCUT2D eigenvalue weighted by Crippen LogP contribution is 2.61. The summed E-state index contributed by atoms with van der Waals surface area (Å²) in [7, 11) is -3.20. The second-order valence-corrected chi connectivity index (χ2v) is 6.90. The van der Waals surface area contributed by atoms with E-state index in [2.05, 4.69) is 0 Å². The van der Waals surface area contributed by atoms with Crippen molar-refractivity contribution in [3.05, 3.63) is 35.9 Å². The van der Waals surface area contributed by atoms with E-state index in [1.807, 2.05) is 30.3 Å². The van der Waals surface area contributed by atoms with E-state index in [0.29, 0.717) is 0 Å². The number of nitrogens with two attached hydrogens (primary N) is 1. The molecular formula is C12H17NO3S. The summed E-state index contributed by atoms with van der Waals surface area (Å²) in [4.78, 5) is 0. The number of aliphatic hydroxyl groups excluding tert-OH is 1. The summed E-state index contributed by atoms with van der Waals surface area (Å²) in [6.45, 7) is -0.0123. The Bertz CT molecular complexity index is 494. The maximum atomic E-state index is 11.7. The lowest BCUT2D eigenvalue weighted by Gasteiger charge is -2.11. The number of sulfone groups is 1. The maximum Gasteiger partial charge on any atom is 0.151 e. The lowest BCUT2D eigenvalue weighted by Crippen LogP contribution is -2.27. The number of hydrogen-bond acceptors (Lipinski definition) is 4. The molecule has 0 aliphatic heterocycles. The first-order chi connectivity index (χ1) is 7.97. The van der Waals surface area contributed by atoms with Crippen LogP contribution in [-0.2, 0) is 9.84 Å². The Morgan fingerprint density at radius 3 is 2.29 bits per heavy atom. The van der Waals surface area contributed by atoms with Crippen molar-refractivity contribution in [2.75, 3.05) is 19.4 Å². The summed E-state index contributed by atoms with van der Waals surface area (Å²) in [5.74, 6) is -0.186. The number of rotatable bonds is 4. The Morgan fingerprint density at radius 1 is 1.35 bits per heavy atom. The summed E-state index contributed by atoms with van der Waals surface area (Å²) >= 11 is 0. The summed E-state index contributed by atoms with van der Waals surface area (Å²) in [5, 5.41) is 8.91. The van der Waals surface area contributed by atoms with Crippen LogP contribution >= 0.6 is 0 Å². The van der Waals surface area contributed by atoms with Crippen LogP contribution in [-0.4, -0.2) is 38.2 Å². The van der Waals surface area contributed by atoms with Gasteiger partial charge in [-0.25, -0.2) is 8.42 Å². The first-order valence-electron chi connectivity index (χ1n) is 5.52. The third kappa shape index (κ3) is 1.88. The minimum absolute atomic E-state index is 0.181. The zero-order valence-electron chi connectivity index (χ0n) is 9.70. The standard InChI is InChI=1S/C12H17NO3S/c1-17(15,16)11-10(12(11,7-13)8-14)9-5-3-2-4-6-9/h2-6,10-11,14H,7-8,13H2,1H3/t10-,11+,12-/m1/s1. The molecule has 0 radical (unpaired) electrons. The summed E-state index contributed by atoms with van der Waals surface area (Å²) < 4.78 is 23.5. The van der Waals surface area contributed by atoms with Crippen molar-refractivity contribution in [1.29, 1.82) is 0 Å². The van der Waals surface area contributed by atoms with E-state index >= 15 is 0 Å². The summed E-state index contributed by atoms with van der Waals surface area (Å²) in [6, 6.07) is 9.38. The topological polar surface area (TPSA) is 80.4 Å². The van der Waals surface area contributed by atoms with E-state index in [1.54, 1.807) is 0 Å². The monoisotopic (exact) mass is 255 g/mol. The fourth-order valence-corrected chi connectivity index (χ4v) is 4.80. The molecule has 3 atom stereocenters. The van der Waals surface area contributed by atoms with Crippen LogP contribution in [0.2, 0.25) is 0 Å². The molecule has 4 nitrogen and oxygen atoms in total. The average Bonchev–Trinajstić information content (AvgIpc) is 3.00. The van der Waals surface area contributed by atoms with Crippen molar-refractivity contribution < 1.29 is 13.5 Å². The van der Waals surface area contributed by atoms with Crippen molar-refractivity contribution in [2.24, 2.45) is 11.1 Å². The lowest BCUT2D eigenvalue weighted by molar-refractivity contribution is 0.212. The molecule has 1 aliphatic rings. The SMILES string of the molecule is CS(=O)(=O)[C@H]1[C@@H](c2ccccc2)[C@@]1(CN)CO. The first-order valence-corrected chi connectivity index (χ1v) is 7.47. The van der Waals surface area contributed by atoms with Crippen molar-refractivity contribution in [1.82, 2.24) is 0 Å². The second-order valence-electron chi connectivity index (χ2n) is 4.73. The van der Waals surface area contributed by atoms with Gasteiger partial charge in [0.15, 0.2) is 9.84 Å². The number of benzene rings is 1. The molecule has 2 rings (SSSR count). The predicted molar refractivity (Wildman–Crippen MR) is 66.4 cm³/mol. The van der Waals surface area contributed by atoms with E-state index < -0.39 is 20.5 Å². The number of hydrogen-bond donors (Lipinski definition) is 2. The highest BCUT2D eigenvalue weighted by Gasteiger charge is 2.68. The van der Waals surface area contributed by atoms with Gasteiger partial charge < -0.3 is 10.8 Å². The van der Waals surface area contributed by atoms with Gasteiger partial charge in [-0.15, -0.1) is 0 Å². The third-order valence-corrected chi connectivity index (χ3v) is 5.34. The molecule has 0 spiro atoms. The van der Waals surface area contributed by atoms with Crippen LogP contribution in [0.15, 0.2) is 30.3 Å². The molecule has 94 valence electrons. The molecule has 0 bridgehead atoms. The van der Waals surface area contributed by atoms with Gasteiger partial charge in [0.1, 0.15) is 0 Å². The molecule has 1 aromatic carbocycles. The Balaban J connectivity index is 2.42. The Hall–Kier alpha value is -0.910. The van der Waals surface area contributed by atoms with Crippen LogP contribution in [0.3, 0.4) is 0 Å². The van der Waals surface area contributed by atoms with Crippen LogP contribution in [0.4, 0.5) is 0 Å². The predicted octanol–water partition coefficient (Wildman–Crippen LogP) is 0.134. The molecule has 3 N–H and O–H groups in total. The minimum Gasteiger partial charge on any atom is -0.396 e. The highest BCUT2D eigenvalue weighted by molar-refractivity contribution is 7.91. The third-order valence-electron chi connectivity index (χ3n) is 3.67. The van der Waals surface area contributed by atoms with E-state index in [0.717, 1.165) is 5.56 Å². The van der Waals surface area contributed by atoms with Gasteiger partial charge in [-0.1, -0.05) is 30.3 Å². The Labute approximate surface area is 101 Å². The van der Waals surface area contributed by atoms with E-state index in [-0.39, 0.29) is 19.1 Å². The Morgan fingerprint density at radius 2 is 1.94 bits per heavy atom. The molecule has 5 heteroatoms. The van der Waals surface area contributed by atoms with Crippen LogP contribution in [0.1, 0.15) is 11.5 Å². The van der Waals surface area contributed by atoms with Crippen LogP contribution in [0.25, 0.3) is 0 Å². The van der Waals surface area contributed by atoms with Crippen molar-refractivity contribution in [2.45, 2.75) is 11.2 Å². The molecule has 1 saturated carbocycles. The molecule has 0 amide bonds. The summed E-state index contributed by atoms with van der Waals surface area (Å²) in [5.41, 5.74) is 5.90. The quantitative estimate of drug-likeness (QED) is 0.801. The molecule has 0 saturated heterocycles. The van der Waals surface area contributed by atoms with Gasteiger partial charge in [0, 0.05) is 24.1 Å². The minimum atomic E-state index is -3.20. The van der Waals surface area contributed by atoms with Crippen molar-refractivity contribution >= 4 is 9.84 Å². The lowest BCUT2D eigenvalue weighted by atomic mass is 10.0. The summed E-state index contributed by atoms with van der Waals surface area (Å²) in [6.07, 6.45) is 1.21. The van der Waals surface area contributed by atoms with Crippen molar-refractivity contribution in [3.8, 4) is 0 Å². The van der Waals surface area contributed by atoms with Gasteiger partial charge in [-0.2, -0.15) is 0 Å². The normalized spacial score (nSPS) is 32.4. The zero-order valence-corrected chi connectivity index (χ0v) is 10.5. The molecule has 17 heavy (non-hydrogen) atoms. The number of aliphatic hydroxyl groups is 1. The highest BCUT2D eigenvalue weighted by atomic mass is 32.2. The second kappa shape index (κ2) is 4.08. The van der Waals surface area contributed by atoms with E-state index in [4.69, 9.17) is 5.73 Å². The van der Waals surface area contributed by atoms with Gasteiger partial charge in [0.25, 0.3) is 0 Å². The van der Waals surface area contributed by atoms with E-state index in [9.17, 15) is 13.5 Å². The molecule has 1 aromatic rings. The molecular weight excluding hydrogens is 238 g/mol. The van der Waals surface area contributed by atoms with Crippen LogP contribution < -0.4 is 5.73 Å². The molecule has 1 fully saturated rings. The maximum absolute atomic E-state index is 11.7. The van der Waals surface area contributed by atoms with Crippen molar-refractivity contribution in [3.63, 3.8) is 0 Å². The average molecular weight is 255 g/mol. The molecule has 0 heterocycles. The van der Waals surface area contributed by atoms with Crippen LogP contribution in [0, 0.1) is 5.41 Å². The van der Waals surface area contributed by atoms with Gasteiger partial charge in [-0.05, 0) is 5.56 Å². The fraction of sp³-hybridized carbons (Fsp3) is 0.500. The smallest absolute Gasteiger partial charge is 0.151 e. The largest absolute Gasteiger partial charge is 0.396 e. The van der Waals surface area contributed by atoms with Gasteiger partial charge in [-0.3, -0.25) is 0 Å². The molecule has 0 aromatic heterocycles. The van der Waals surface area contributed by atoms with E-state index in [1.165, 1.54) is 6.26 Å². The fourth-order valence-electron chi connectivity index (χ4n) is 2.79. The van der Waals surface area contributed by atoms with Gasteiger partial charge in [0.05, 0.1) is 11.9 Å². The first kappa shape index (κ1) is 12.5. The van der Waals surface area contributed by atoms with Gasteiger partial charge in [0.2, 0.25) is 0 Å².